The Balaban J connectivity index is 1.51. The molecule has 0 aromatic heterocycles. The van der Waals surface area contributed by atoms with Crippen molar-refractivity contribution in [3.8, 4) is 17.2 Å². The maximum absolute atomic E-state index is 12.3. The van der Waals surface area contributed by atoms with Crippen LogP contribution in [0, 0.1) is 0 Å². The largest absolute Gasteiger partial charge is 0.497 e. The van der Waals surface area contributed by atoms with Crippen molar-refractivity contribution < 1.29 is 23.7 Å². The second-order valence-electron chi connectivity index (χ2n) is 8.68. The summed E-state index contributed by atoms with van der Waals surface area (Å²) < 4.78 is 23.2. The molecule has 1 amide bonds. The molecule has 8 nitrogen and oxygen atoms in total. The van der Waals surface area contributed by atoms with E-state index in [0.717, 1.165) is 40.5 Å². The smallest absolute Gasteiger partial charge is 0.409 e. The first-order chi connectivity index (χ1) is 16.6. The Kier molecular flexibility index (Phi) is 5.98. The topological polar surface area (TPSA) is 72.8 Å². The van der Waals surface area contributed by atoms with Gasteiger partial charge in [-0.25, -0.2) is 9.80 Å². The molecule has 2 aromatic carbocycles. The van der Waals surface area contributed by atoms with Gasteiger partial charge in [-0.15, -0.1) is 0 Å². The number of carbonyl (C=O) groups is 1. The van der Waals surface area contributed by atoms with E-state index in [2.05, 4.69) is 11.1 Å². The highest BCUT2D eigenvalue weighted by molar-refractivity contribution is 6.02. The summed E-state index contributed by atoms with van der Waals surface area (Å²) in [4.78, 5) is 14.1. The Morgan fingerprint density at radius 2 is 1.88 bits per heavy atom. The van der Waals surface area contributed by atoms with Crippen LogP contribution in [-0.4, -0.2) is 60.9 Å². The predicted molar refractivity (Wildman–Crippen MR) is 128 cm³/mol. The number of hydrogen-bond donors (Lipinski definition) is 0. The SMILES string of the molecule is CCOC(=O)N1CCC2(CC1)Oc1c(OCC)cccc1[C@H]1CC(c3ccc(OC)cc3)=NN12. The minimum atomic E-state index is -0.651. The van der Waals surface area contributed by atoms with Gasteiger partial charge in [-0.3, -0.25) is 0 Å². The van der Waals surface area contributed by atoms with Crippen LogP contribution < -0.4 is 14.2 Å². The third-order valence-corrected chi connectivity index (χ3v) is 6.78. The molecule has 3 aliphatic heterocycles. The summed E-state index contributed by atoms with van der Waals surface area (Å²) in [5, 5.41) is 7.23. The monoisotopic (exact) mass is 465 g/mol. The Morgan fingerprint density at radius 3 is 2.56 bits per heavy atom. The van der Waals surface area contributed by atoms with Crippen molar-refractivity contribution in [2.45, 2.75) is 44.9 Å². The highest BCUT2D eigenvalue weighted by Crippen LogP contribution is 2.52. The van der Waals surface area contributed by atoms with Gasteiger partial charge in [0.05, 0.1) is 32.1 Å². The van der Waals surface area contributed by atoms with Crippen molar-refractivity contribution in [2.24, 2.45) is 5.10 Å². The zero-order valence-electron chi connectivity index (χ0n) is 20.0. The maximum atomic E-state index is 12.3. The summed E-state index contributed by atoms with van der Waals surface area (Å²) in [5.41, 5.74) is 2.51. The lowest BCUT2D eigenvalue weighted by molar-refractivity contribution is -0.148. The lowest BCUT2D eigenvalue weighted by Crippen LogP contribution is -2.59. The first-order valence-corrected chi connectivity index (χ1v) is 12.0. The Morgan fingerprint density at radius 1 is 1.12 bits per heavy atom. The average Bonchev–Trinajstić information content (AvgIpc) is 3.33. The van der Waals surface area contributed by atoms with Crippen LogP contribution in [0.2, 0.25) is 0 Å². The predicted octanol–water partition coefficient (Wildman–Crippen LogP) is 4.59. The molecule has 2 aromatic rings. The van der Waals surface area contributed by atoms with Crippen molar-refractivity contribution in [1.29, 1.82) is 0 Å². The fourth-order valence-electron chi connectivity index (χ4n) is 5.08. The number of rotatable bonds is 5. The number of benzene rings is 2. The Bertz CT molecular complexity index is 1080. The van der Waals surface area contributed by atoms with Gasteiger partial charge in [-0.05, 0) is 49.7 Å². The van der Waals surface area contributed by atoms with Crippen LogP contribution >= 0.6 is 0 Å². The highest BCUT2D eigenvalue weighted by atomic mass is 16.6. The standard InChI is InChI=1S/C26H31N3O5/c1-4-32-23-8-6-7-20-22-17-21(18-9-11-19(31-3)12-10-18)27-29(22)26(34-24(20)23)13-15-28(16-14-26)25(30)33-5-2/h6-12,22H,4-5,13-17H2,1-3H3/t22-/m1/s1. The number of nitrogens with zero attached hydrogens (tertiary/aromatic N) is 3. The van der Waals surface area contributed by atoms with Gasteiger partial charge in [0.2, 0.25) is 5.72 Å². The van der Waals surface area contributed by atoms with Crippen molar-refractivity contribution in [2.75, 3.05) is 33.4 Å². The average molecular weight is 466 g/mol. The van der Waals surface area contributed by atoms with Gasteiger partial charge in [0.1, 0.15) is 5.75 Å². The van der Waals surface area contributed by atoms with Crippen LogP contribution in [0.1, 0.15) is 50.3 Å². The molecule has 3 aliphatic rings. The summed E-state index contributed by atoms with van der Waals surface area (Å²) in [6, 6.07) is 14.1. The molecule has 0 aliphatic carbocycles. The summed E-state index contributed by atoms with van der Waals surface area (Å²) in [6.07, 6.45) is 1.74. The van der Waals surface area contributed by atoms with Crippen molar-refractivity contribution in [3.05, 3.63) is 53.6 Å². The molecule has 180 valence electrons. The lowest BCUT2D eigenvalue weighted by Gasteiger charge is -2.51. The third-order valence-electron chi connectivity index (χ3n) is 6.78. The van der Waals surface area contributed by atoms with E-state index in [0.29, 0.717) is 39.1 Å². The highest BCUT2D eigenvalue weighted by Gasteiger charge is 2.53. The number of piperidine rings is 1. The zero-order valence-corrected chi connectivity index (χ0v) is 20.0. The van der Waals surface area contributed by atoms with Crippen molar-refractivity contribution in [3.63, 3.8) is 0 Å². The summed E-state index contributed by atoms with van der Waals surface area (Å²) in [5.74, 6) is 2.36. The maximum Gasteiger partial charge on any atom is 0.409 e. The van der Waals surface area contributed by atoms with Gasteiger partial charge in [-0.1, -0.05) is 12.1 Å². The number of ether oxygens (including phenoxy) is 4. The molecule has 0 bridgehead atoms. The number of amides is 1. The molecular weight excluding hydrogens is 434 g/mol. The van der Waals surface area contributed by atoms with E-state index in [9.17, 15) is 4.79 Å². The van der Waals surface area contributed by atoms with E-state index in [1.165, 1.54) is 0 Å². The van der Waals surface area contributed by atoms with Gasteiger partial charge >= 0.3 is 6.09 Å². The van der Waals surface area contributed by atoms with Gasteiger partial charge < -0.3 is 23.8 Å². The van der Waals surface area contributed by atoms with Gasteiger partial charge in [-0.2, -0.15) is 5.10 Å². The minimum Gasteiger partial charge on any atom is -0.497 e. The Labute approximate surface area is 200 Å². The molecule has 34 heavy (non-hydrogen) atoms. The van der Waals surface area contributed by atoms with Crippen LogP contribution in [0.5, 0.6) is 17.2 Å². The Hall–Kier alpha value is -3.42. The molecule has 0 N–H and O–H groups in total. The van der Waals surface area contributed by atoms with Crippen LogP contribution in [-0.2, 0) is 4.74 Å². The summed E-state index contributed by atoms with van der Waals surface area (Å²) in [7, 11) is 1.67. The number of methoxy groups -OCH3 is 1. The fourth-order valence-corrected chi connectivity index (χ4v) is 5.08. The lowest BCUT2D eigenvalue weighted by atomic mass is 9.90. The van der Waals surface area contributed by atoms with Gasteiger partial charge in [0.25, 0.3) is 0 Å². The van der Waals surface area contributed by atoms with E-state index >= 15 is 0 Å². The van der Waals surface area contributed by atoms with E-state index in [-0.39, 0.29) is 12.1 Å². The zero-order chi connectivity index (χ0) is 23.7. The number of hydrazone groups is 1. The number of likely N-dealkylation sites (tertiary alicyclic amines) is 1. The first kappa shape index (κ1) is 22.4. The van der Waals surface area contributed by atoms with Crippen molar-refractivity contribution in [1.82, 2.24) is 9.91 Å². The van der Waals surface area contributed by atoms with E-state index in [1.54, 1.807) is 12.0 Å². The van der Waals surface area contributed by atoms with Gasteiger partial charge in [0.15, 0.2) is 11.5 Å². The molecule has 1 saturated heterocycles. The quantitative estimate of drug-likeness (QED) is 0.643. The summed E-state index contributed by atoms with van der Waals surface area (Å²) in [6.45, 7) is 5.81. The minimum absolute atomic E-state index is 0.0374. The summed E-state index contributed by atoms with van der Waals surface area (Å²) >= 11 is 0. The van der Waals surface area contributed by atoms with Crippen LogP contribution in [0.4, 0.5) is 4.79 Å². The first-order valence-electron chi connectivity index (χ1n) is 12.0. The number of hydrogen-bond acceptors (Lipinski definition) is 7. The molecule has 0 saturated carbocycles. The van der Waals surface area contributed by atoms with Crippen LogP contribution in [0.15, 0.2) is 47.6 Å². The molecule has 1 atom stereocenters. The molecule has 3 heterocycles. The molecular formula is C26H31N3O5. The molecule has 8 heteroatoms. The normalized spacial score (nSPS) is 20.2. The molecule has 5 rings (SSSR count). The number of carbonyl (C=O) groups excluding carboxylic acids is 1. The molecule has 0 unspecified atom stereocenters. The molecule has 1 spiro atoms. The fraction of sp³-hybridized carbons (Fsp3) is 0.462. The van der Waals surface area contributed by atoms with E-state index in [4.69, 9.17) is 24.0 Å². The second-order valence-corrected chi connectivity index (χ2v) is 8.68. The van der Waals surface area contributed by atoms with Crippen LogP contribution in [0.25, 0.3) is 0 Å². The van der Waals surface area contributed by atoms with E-state index in [1.807, 2.05) is 50.2 Å². The van der Waals surface area contributed by atoms with Gasteiger partial charge in [0, 0.05) is 37.9 Å². The number of para-hydroxylation sites is 1. The molecule has 0 radical (unpaired) electrons. The second kappa shape index (κ2) is 9.08. The number of fused-ring (bicyclic) bond motifs is 4. The third kappa shape index (κ3) is 3.81. The molecule has 1 fully saturated rings. The van der Waals surface area contributed by atoms with E-state index < -0.39 is 5.72 Å². The van der Waals surface area contributed by atoms with Crippen molar-refractivity contribution >= 4 is 11.8 Å². The van der Waals surface area contributed by atoms with Crippen LogP contribution in [0.3, 0.4) is 0 Å².